The Morgan fingerprint density at radius 3 is 2.26 bits per heavy atom. The Hall–Kier alpha value is -3.36. The molecule has 4 aromatic rings. The van der Waals surface area contributed by atoms with Crippen LogP contribution in [0.2, 0.25) is 0 Å². The third-order valence-corrected chi connectivity index (χ3v) is 7.14. The van der Waals surface area contributed by atoms with Crippen LogP contribution in [0.4, 0.5) is 0 Å². The Balaban J connectivity index is 1.16. The topological polar surface area (TPSA) is 76.2 Å². The molecule has 1 aliphatic rings. The van der Waals surface area contributed by atoms with Crippen LogP contribution in [-0.4, -0.2) is 50.5 Å². The summed E-state index contributed by atoms with van der Waals surface area (Å²) >= 11 is 1.41. The number of likely N-dealkylation sites (tertiary alicyclic amines) is 1. The summed E-state index contributed by atoms with van der Waals surface area (Å²) in [6.45, 7) is 3.55. The molecule has 8 heteroatoms. The van der Waals surface area contributed by atoms with E-state index in [1.54, 1.807) is 6.26 Å². The molecule has 1 amide bonds. The zero-order valence-electron chi connectivity index (χ0n) is 19.5. The first-order valence-electron chi connectivity index (χ1n) is 11.9. The van der Waals surface area contributed by atoms with Crippen molar-refractivity contribution in [3.05, 3.63) is 90.2 Å². The number of carbonyl (C=O) groups is 1. The van der Waals surface area contributed by atoms with Gasteiger partial charge < -0.3 is 9.73 Å². The summed E-state index contributed by atoms with van der Waals surface area (Å²) < 4.78 is 7.58. The van der Waals surface area contributed by atoms with Gasteiger partial charge in [0, 0.05) is 25.7 Å². The number of aromatic nitrogens is 3. The van der Waals surface area contributed by atoms with Gasteiger partial charge in [0.2, 0.25) is 11.7 Å². The molecule has 1 N–H and O–H groups in total. The van der Waals surface area contributed by atoms with E-state index in [0.717, 1.165) is 38.0 Å². The second-order valence-corrected chi connectivity index (χ2v) is 9.69. The highest BCUT2D eigenvalue weighted by Gasteiger charge is 2.22. The molecule has 0 spiro atoms. The smallest absolute Gasteiger partial charge is 0.230 e. The third kappa shape index (κ3) is 6.21. The standard InChI is InChI=1S/C27H29N5O2S/c33-25(28-23-13-15-31(16-14-23)18-21-8-3-1-4-9-21)20-35-27-30-29-26(24-12-7-17-34-24)32(27)19-22-10-5-2-6-11-22/h1-12,17,23H,13-16,18-20H2,(H,28,33). The summed E-state index contributed by atoms with van der Waals surface area (Å²) in [5, 5.41) is 12.6. The number of nitrogens with one attached hydrogen (secondary N) is 1. The van der Waals surface area contributed by atoms with Gasteiger partial charge >= 0.3 is 0 Å². The van der Waals surface area contributed by atoms with E-state index in [4.69, 9.17) is 4.42 Å². The Labute approximate surface area is 209 Å². The van der Waals surface area contributed by atoms with E-state index in [0.29, 0.717) is 29.0 Å². The number of hydrogen-bond donors (Lipinski definition) is 1. The van der Waals surface area contributed by atoms with Gasteiger partial charge in [-0.1, -0.05) is 72.4 Å². The molecule has 0 bridgehead atoms. The Bertz CT molecular complexity index is 1200. The van der Waals surface area contributed by atoms with E-state index in [2.05, 4.69) is 56.8 Å². The fourth-order valence-electron chi connectivity index (χ4n) is 4.37. The van der Waals surface area contributed by atoms with Gasteiger partial charge in [0.15, 0.2) is 10.9 Å². The molecule has 35 heavy (non-hydrogen) atoms. The van der Waals surface area contributed by atoms with Crippen LogP contribution >= 0.6 is 11.8 Å². The molecule has 1 aliphatic heterocycles. The van der Waals surface area contributed by atoms with Crippen LogP contribution < -0.4 is 5.32 Å². The highest BCUT2D eigenvalue weighted by molar-refractivity contribution is 7.99. The summed E-state index contributed by atoms with van der Waals surface area (Å²) in [7, 11) is 0. The first-order chi connectivity index (χ1) is 17.2. The monoisotopic (exact) mass is 487 g/mol. The van der Waals surface area contributed by atoms with Crippen molar-refractivity contribution in [2.45, 2.75) is 37.1 Å². The van der Waals surface area contributed by atoms with Crippen molar-refractivity contribution >= 4 is 17.7 Å². The van der Waals surface area contributed by atoms with E-state index in [1.807, 2.05) is 41.0 Å². The van der Waals surface area contributed by atoms with Crippen LogP contribution in [0.5, 0.6) is 0 Å². The van der Waals surface area contributed by atoms with E-state index in [-0.39, 0.29) is 11.9 Å². The number of benzene rings is 2. The molecule has 1 fully saturated rings. The average molecular weight is 488 g/mol. The number of hydrogen-bond acceptors (Lipinski definition) is 6. The molecule has 2 aromatic heterocycles. The maximum Gasteiger partial charge on any atom is 0.230 e. The summed E-state index contributed by atoms with van der Waals surface area (Å²) in [4.78, 5) is 15.2. The lowest BCUT2D eigenvalue weighted by Crippen LogP contribution is -2.44. The number of amides is 1. The van der Waals surface area contributed by atoms with Crippen LogP contribution in [0.25, 0.3) is 11.6 Å². The largest absolute Gasteiger partial charge is 0.461 e. The molecular formula is C27H29N5O2S. The number of thioether (sulfide) groups is 1. The van der Waals surface area contributed by atoms with Gasteiger partial charge in [0.05, 0.1) is 18.6 Å². The average Bonchev–Trinajstić information content (AvgIpc) is 3.55. The molecule has 7 nitrogen and oxygen atoms in total. The zero-order chi connectivity index (χ0) is 23.9. The van der Waals surface area contributed by atoms with Crippen LogP contribution in [-0.2, 0) is 17.9 Å². The molecule has 1 saturated heterocycles. The van der Waals surface area contributed by atoms with Gasteiger partial charge in [-0.25, -0.2) is 0 Å². The Kier molecular flexibility index (Phi) is 7.60. The SMILES string of the molecule is O=C(CSc1nnc(-c2ccco2)n1Cc1ccccc1)NC1CCN(Cc2ccccc2)CC1. The van der Waals surface area contributed by atoms with E-state index >= 15 is 0 Å². The first kappa shape index (κ1) is 23.4. The summed E-state index contributed by atoms with van der Waals surface area (Å²) in [5.41, 5.74) is 2.47. The molecule has 2 aromatic carbocycles. The fourth-order valence-corrected chi connectivity index (χ4v) is 5.12. The molecule has 3 heterocycles. The van der Waals surface area contributed by atoms with Gasteiger partial charge in [-0.05, 0) is 36.1 Å². The Morgan fingerprint density at radius 1 is 0.914 bits per heavy atom. The molecule has 0 unspecified atom stereocenters. The predicted octanol–water partition coefficient (Wildman–Crippen LogP) is 4.46. The van der Waals surface area contributed by atoms with E-state index < -0.39 is 0 Å². The number of carbonyl (C=O) groups excluding carboxylic acids is 1. The third-order valence-electron chi connectivity index (χ3n) is 6.18. The highest BCUT2D eigenvalue weighted by atomic mass is 32.2. The molecule has 0 radical (unpaired) electrons. The minimum Gasteiger partial charge on any atom is -0.461 e. The van der Waals surface area contributed by atoms with Gasteiger partial charge in [-0.2, -0.15) is 0 Å². The lowest BCUT2D eigenvalue weighted by molar-refractivity contribution is -0.119. The van der Waals surface area contributed by atoms with Crippen molar-refractivity contribution in [2.24, 2.45) is 0 Å². The normalized spacial score (nSPS) is 14.7. The van der Waals surface area contributed by atoms with Gasteiger partial charge in [0.25, 0.3) is 0 Å². The lowest BCUT2D eigenvalue weighted by Gasteiger charge is -2.32. The molecule has 180 valence electrons. The number of piperidine rings is 1. The molecule has 0 atom stereocenters. The van der Waals surface area contributed by atoms with Crippen molar-refractivity contribution in [3.8, 4) is 11.6 Å². The quantitative estimate of drug-likeness (QED) is 0.351. The predicted molar refractivity (Wildman–Crippen MR) is 137 cm³/mol. The molecular weight excluding hydrogens is 458 g/mol. The molecule has 0 saturated carbocycles. The minimum atomic E-state index is 0.0327. The van der Waals surface area contributed by atoms with Crippen LogP contribution in [0.3, 0.4) is 0 Å². The number of nitrogens with zero attached hydrogens (tertiary/aromatic N) is 4. The van der Waals surface area contributed by atoms with Gasteiger partial charge in [-0.3, -0.25) is 14.3 Å². The lowest BCUT2D eigenvalue weighted by atomic mass is 10.0. The van der Waals surface area contributed by atoms with Gasteiger partial charge in [0.1, 0.15) is 0 Å². The number of furan rings is 1. The maximum atomic E-state index is 12.7. The van der Waals surface area contributed by atoms with Crippen molar-refractivity contribution in [2.75, 3.05) is 18.8 Å². The van der Waals surface area contributed by atoms with Crippen LogP contribution in [0.15, 0.2) is 88.6 Å². The van der Waals surface area contributed by atoms with Crippen LogP contribution in [0.1, 0.15) is 24.0 Å². The summed E-state index contributed by atoms with van der Waals surface area (Å²) in [6.07, 6.45) is 3.56. The fraction of sp³-hybridized carbons (Fsp3) is 0.296. The molecule has 0 aliphatic carbocycles. The van der Waals surface area contributed by atoms with Crippen molar-refractivity contribution in [3.63, 3.8) is 0 Å². The summed E-state index contributed by atoms with van der Waals surface area (Å²) in [5.74, 6) is 1.65. The Morgan fingerprint density at radius 2 is 1.60 bits per heavy atom. The van der Waals surface area contributed by atoms with Crippen molar-refractivity contribution in [1.82, 2.24) is 25.0 Å². The molecule has 5 rings (SSSR count). The minimum absolute atomic E-state index is 0.0327. The highest BCUT2D eigenvalue weighted by Crippen LogP contribution is 2.25. The number of rotatable bonds is 9. The van der Waals surface area contributed by atoms with Gasteiger partial charge in [-0.15, -0.1) is 10.2 Å². The maximum absolute atomic E-state index is 12.7. The van der Waals surface area contributed by atoms with Crippen molar-refractivity contribution in [1.29, 1.82) is 0 Å². The zero-order valence-corrected chi connectivity index (χ0v) is 20.4. The first-order valence-corrected chi connectivity index (χ1v) is 12.9. The van der Waals surface area contributed by atoms with Crippen LogP contribution in [0, 0.1) is 0 Å². The van der Waals surface area contributed by atoms with E-state index in [9.17, 15) is 4.79 Å². The second kappa shape index (κ2) is 11.4. The second-order valence-electron chi connectivity index (χ2n) is 8.75. The van der Waals surface area contributed by atoms with E-state index in [1.165, 1.54) is 17.3 Å². The summed E-state index contributed by atoms with van der Waals surface area (Å²) in [6, 6.07) is 24.6. The van der Waals surface area contributed by atoms with Crippen molar-refractivity contribution < 1.29 is 9.21 Å².